The van der Waals surface area contributed by atoms with E-state index in [9.17, 15) is 13.6 Å². The Morgan fingerprint density at radius 3 is 2.40 bits per heavy atom. The van der Waals surface area contributed by atoms with E-state index in [1.807, 2.05) is 12.1 Å². The van der Waals surface area contributed by atoms with E-state index in [1.54, 1.807) is 22.4 Å². The van der Waals surface area contributed by atoms with Gasteiger partial charge in [0, 0.05) is 37.4 Å². The fourth-order valence-corrected chi connectivity index (χ4v) is 6.31. The van der Waals surface area contributed by atoms with E-state index in [4.69, 9.17) is 0 Å². The van der Waals surface area contributed by atoms with Gasteiger partial charge in [0.15, 0.2) is 0 Å². The third-order valence-corrected chi connectivity index (χ3v) is 8.26. The Morgan fingerprint density at radius 2 is 1.77 bits per heavy atom. The van der Waals surface area contributed by atoms with Gasteiger partial charge in [-0.05, 0) is 31.4 Å². The molecule has 1 aliphatic heterocycles. The number of rotatable bonds is 8. The fraction of sp³-hybridized carbons (Fsp3) is 0.545. The Labute approximate surface area is 209 Å². The van der Waals surface area contributed by atoms with Crippen LogP contribution in [0.5, 0.6) is 0 Å². The summed E-state index contributed by atoms with van der Waals surface area (Å²) in [5.74, 6) is -2.09. The van der Waals surface area contributed by atoms with Gasteiger partial charge in [0.2, 0.25) is 16.2 Å². The second-order valence-electron chi connectivity index (χ2n) is 9.03. The number of hydrogen-bond acceptors (Lipinski definition) is 10. The van der Waals surface area contributed by atoms with E-state index in [-0.39, 0.29) is 19.0 Å². The average Bonchev–Trinajstić information content (AvgIpc) is 3.48. The number of carbonyl (C=O) groups excluding carboxylic acids is 1. The fourth-order valence-electron chi connectivity index (χ4n) is 4.45. The number of pyridine rings is 1. The first kappa shape index (κ1) is 23.9. The van der Waals surface area contributed by atoms with Gasteiger partial charge >= 0.3 is 0 Å². The van der Waals surface area contributed by atoms with Crippen LogP contribution in [0.1, 0.15) is 60.2 Å². The maximum atomic E-state index is 13.0. The minimum atomic E-state index is -2.59. The molecule has 13 heteroatoms. The number of halogens is 2. The molecular weight excluding hydrogens is 494 g/mol. The van der Waals surface area contributed by atoms with Crippen molar-refractivity contribution in [1.82, 2.24) is 25.4 Å². The maximum Gasteiger partial charge on any atom is 0.282 e. The van der Waals surface area contributed by atoms with Gasteiger partial charge in [-0.25, -0.2) is 8.78 Å². The molecule has 2 atom stereocenters. The van der Waals surface area contributed by atoms with Gasteiger partial charge in [-0.2, -0.15) is 0 Å². The van der Waals surface area contributed by atoms with Crippen molar-refractivity contribution in [2.75, 3.05) is 35.2 Å². The molecule has 1 amide bonds. The van der Waals surface area contributed by atoms with E-state index in [1.165, 1.54) is 18.3 Å². The molecule has 3 aromatic rings. The molecule has 0 bridgehead atoms. The van der Waals surface area contributed by atoms with Gasteiger partial charge in [-0.15, -0.1) is 20.4 Å². The molecule has 2 N–H and O–H groups in total. The summed E-state index contributed by atoms with van der Waals surface area (Å²) in [6.45, 7) is 1.64. The summed E-state index contributed by atoms with van der Waals surface area (Å²) in [4.78, 5) is 17.3. The predicted molar refractivity (Wildman–Crippen MR) is 132 cm³/mol. The first-order valence-electron chi connectivity index (χ1n) is 11.6. The van der Waals surface area contributed by atoms with Crippen LogP contribution in [-0.4, -0.2) is 56.8 Å². The molecule has 9 nitrogen and oxygen atoms in total. The molecule has 1 saturated carbocycles. The molecule has 4 heterocycles. The molecule has 2 unspecified atom stereocenters. The van der Waals surface area contributed by atoms with Crippen LogP contribution in [0.25, 0.3) is 0 Å². The lowest BCUT2D eigenvalue weighted by Gasteiger charge is -2.40. The Morgan fingerprint density at radius 1 is 1.09 bits per heavy atom. The zero-order valence-electron chi connectivity index (χ0n) is 19.2. The largest absolute Gasteiger partial charge is 0.360 e. The van der Waals surface area contributed by atoms with Crippen molar-refractivity contribution >= 4 is 44.5 Å². The van der Waals surface area contributed by atoms with Crippen molar-refractivity contribution in [3.63, 3.8) is 0 Å². The highest BCUT2D eigenvalue weighted by atomic mass is 32.1. The van der Waals surface area contributed by atoms with Crippen molar-refractivity contribution in [1.29, 1.82) is 0 Å². The van der Waals surface area contributed by atoms with Crippen LogP contribution >= 0.6 is 22.7 Å². The van der Waals surface area contributed by atoms with Crippen molar-refractivity contribution in [3.05, 3.63) is 34.0 Å². The summed E-state index contributed by atoms with van der Waals surface area (Å²) in [6, 6.07) is 3.73. The summed E-state index contributed by atoms with van der Waals surface area (Å²) in [6.07, 6.45) is 6.52. The topological polar surface area (TPSA) is 109 Å². The molecular formula is C22H26F2N8OS2. The molecule has 5 rings (SSSR count). The molecule has 2 fully saturated rings. The van der Waals surface area contributed by atoms with Crippen molar-refractivity contribution in [2.45, 2.75) is 56.8 Å². The molecule has 1 aliphatic carbocycles. The summed E-state index contributed by atoms with van der Waals surface area (Å²) in [5.41, 5.74) is 1.62. The quantitative estimate of drug-likeness (QED) is 0.453. The summed E-state index contributed by atoms with van der Waals surface area (Å²) in [5, 5.41) is 26.5. The van der Waals surface area contributed by atoms with Crippen LogP contribution in [0.3, 0.4) is 0 Å². The molecule has 2 aliphatic rings. The first-order valence-corrected chi connectivity index (χ1v) is 13.2. The van der Waals surface area contributed by atoms with Crippen LogP contribution in [0, 0.1) is 0 Å². The van der Waals surface area contributed by atoms with Crippen LogP contribution in [0.15, 0.2) is 18.3 Å². The van der Waals surface area contributed by atoms with Gasteiger partial charge in [-0.1, -0.05) is 29.1 Å². The van der Waals surface area contributed by atoms with Crippen molar-refractivity contribution in [2.24, 2.45) is 0 Å². The first-order chi connectivity index (χ1) is 16.8. The molecule has 1 saturated heterocycles. The minimum absolute atomic E-state index is 0.144. The predicted octanol–water partition coefficient (Wildman–Crippen LogP) is 4.29. The zero-order valence-corrected chi connectivity index (χ0v) is 20.8. The third-order valence-electron chi connectivity index (χ3n) is 6.21. The number of hydrogen-bond donors (Lipinski definition) is 2. The summed E-state index contributed by atoms with van der Waals surface area (Å²) in [7, 11) is 0. The number of alkyl halides is 2. The Kier molecular flexibility index (Phi) is 6.87. The van der Waals surface area contributed by atoms with E-state index in [2.05, 4.69) is 36.0 Å². The highest BCUT2D eigenvalue weighted by molar-refractivity contribution is 7.15. The highest BCUT2D eigenvalue weighted by Gasteiger charge is 2.44. The summed E-state index contributed by atoms with van der Waals surface area (Å²) < 4.78 is 26.1. The average molecular weight is 521 g/mol. The molecule has 0 radical (unpaired) electrons. The molecule has 0 aromatic carbocycles. The van der Waals surface area contributed by atoms with E-state index in [0.29, 0.717) is 29.9 Å². The lowest BCUT2D eigenvalue weighted by Crippen LogP contribution is -2.56. The van der Waals surface area contributed by atoms with Crippen molar-refractivity contribution in [3.8, 4) is 0 Å². The second-order valence-corrected chi connectivity index (χ2v) is 11.0. The number of carbonyl (C=O) groups is 1. The molecule has 35 heavy (non-hydrogen) atoms. The van der Waals surface area contributed by atoms with Crippen LogP contribution < -0.4 is 15.5 Å². The SMILES string of the molecule is CC(=O)Nc1nnc(C2CCCC(c3nnc(NCCc4ccc(N5CC(F)(F)C5)cn4)s3)C2)s1. The number of amides is 1. The van der Waals surface area contributed by atoms with Gasteiger partial charge in [0.25, 0.3) is 5.92 Å². The van der Waals surface area contributed by atoms with E-state index >= 15 is 0 Å². The maximum absolute atomic E-state index is 13.0. The van der Waals surface area contributed by atoms with Crippen LogP contribution in [0.2, 0.25) is 0 Å². The highest BCUT2D eigenvalue weighted by Crippen LogP contribution is 2.43. The number of anilines is 3. The van der Waals surface area contributed by atoms with Gasteiger partial charge in [-0.3, -0.25) is 9.78 Å². The van der Waals surface area contributed by atoms with E-state index in [0.717, 1.165) is 52.2 Å². The Hall–Kier alpha value is -2.80. The standard InChI is InChI=1S/C22H26F2N8OS2/c1-13(33)27-21-31-29-19(35-21)15-4-2-3-14(9-15)18-28-30-20(34-18)25-8-7-16-5-6-17(10-26-16)32-11-22(23,24)12-32/h5-6,10,14-15H,2-4,7-9,11-12H2,1H3,(H,25,30)(H,27,31,33). The molecule has 3 aromatic heterocycles. The molecule has 186 valence electrons. The van der Waals surface area contributed by atoms with Gasteiger partial charge < -0.3 is 15.5 Å². The third kappa shape index (κ3) is 5.89. The normalized spacial score (nSPS) is 21.4. The molecule has 0 spiro atoms. The smallest absolute Gasteiger partial charge is 0.282 e. The van der Waals surface area contributed by atoms with Crippen LogP contribution in [0.4, 0.5) is 24.7 Å². The Balaban J connectivity index is 1.10. The van der Waals surface area contributed by atoms with Crippen LogP contribution in [-0.2, 0) is 11.2 Å². The summed E-state index contributed by atoms with van der Waals surface area (Å²) >= 11 is 3.03. The zero-order chi connectivity index (χ0) is 24.4. The van der Waals surface area contributed by atoms with Crippen molar-refractivity contribution < 1.29 is 13.6 Å². The number of aromatic nitrogens is 5. The van der Waals surface area contributed by atoms with Gasteiger partial charge in [0.05, 0.1) is 25.0 Å². The monoisotopic (exact) mass is 520 g/mol. The number of nitrogens with one attached hydrogen (secondary N) is 2. The van der Waals surface area contributed by atoms with E-state index < -0.39 is 5.92 Å². The lowest BCUT2D eigenvalue weighted by molar-refractivity contribution is -0.114. The lowest BCUT2D eigenvalue weighted by atomic mass is 9.82. The minimum Gasteiger partial charge on any atom is -0.360 e. The Bertz CT molecular complexity index is 1160. The van der Waals surface area contributed by atoms with Gasteiger partial charge in [0.1, 0.15) is 10.0 Å². The number of nitrogens with zero attached hydrogens (tertiary/aromatic N) is 6. The second kappa shape index (κ2) is 10.1.